The van der Waals surface area contributed by atoms with Gasteiger partial charge in [0, 0.05) is 53.5 Å². The van der Waals surface area contributed by atoms with E-state index in [0.29, 0.717) is 4.99 Å². The molecule has 0 saturated carbocycles. The summed E-state index contributed by atoms with van der Waals surface area (Å²) >= 11 is 10.3. The summed E-state index contributed by atoms with van der Waals surface area (Å²) in [4.78, 5) is 9.50. The van der Waals surface area contributed by atoms with Crippen LogP contribution < -0.4 is 15.5 Å². The average molecular weight is 383 g/mol. The molecule has 1 fully saturated rings. The molecule has 2 N–H and O–H groups in total. The molecule has 1 aromatic carbocycles. The van der Waals surface area contributed by atoms with Gasteiger partial charge in [-0.15, -0.1) is 11.3 Å². The van der Waals surface area contributed by atoms with Gasteiger partial charge >= 0.3 is 0 Å². The van der Waals surface area contributed by atoms with E-state index < -0.39 is 0 Å². The molecule has 2 heterocycles. The number of nitrogens with zero attached hydrogens (tertiary/aromatic N) is 3. The van der Waals surface area contributed by atoms with Crippen molar-refractivity contribution in [3.8, 4) is 0 Å². The van der Waals surface area contributed by atoms with Crippen LogP contribution in [0.5, 0.6) is 0 Å². The Bertz CT molecular complexity index is 636. The van der Waals surface area contributed by atoms with Gasteiger partial charge in [0.05, 0.1) is 0 Å². The van der Waals surface area contributed by atoms with Crippen LogP contribution in [0.25, 0.3) is 0 Å². The highest BCUT2D eigenvalue weighted by atomic mass is 79.9. The van der Waals surface area contributed by atoms with Gasteiger partial charge in [0.25, 0.3) is 0 Å². The molecule has 3 rings (SSSR count). The van der Waals surface area contributed by atoms with Crippen LogP contribution in [0.15, 0.2) is 34.2 Å². The first-order chi connectivity index (χ1) is 10.1. The highest BCUT2D eigenvalue weighted by Crippen LogP contribution is 2.26. The molecule has 0 unspecified atom stereocenters. The number of hydrogen-bond acceptors (Lipinski definition) is 5. The van der Waals surface area contributed by atoms with Gasteiger partial charge in [0.1, 0.15) is 4.99 Å². The normalized spacial score (nSPS) is 15.3. The molecule has 0 radical (unpaired) electrons. The van der Waals surface area contributed by atoms with E-state index in [1.54, 1.807) is 11.3 Å². The summed E-state index contributed by atoms with van der Waals surface area (Å²) in [5, 5.41) is 3.13. The van der Waals surface area contributed by atoms with Crippen molar-refractivity contribution < 1.29 is 0 Å². The molecular formula is C14H15BrN4S2. The van der Waals surface area contributed by atoms with Crippen LogP contribution in [0.2, 0.25) is 0 Å². The number of benzene rings is 1. The van der Waals surface area contributed by atoms with E-state index in [0.717, 1.165) is 41.3 Å². The van der Waals surface area contributed by atoms with Crippen molar-refractivity contribution in [2.45, 2.75) is 0 Å². The van der Waals surface area contributed by atoms with Crippen molar-refractivity contribution >= 4 is 55.3 Å². The molecule has 1 saturated heterocycles. The third-order valence-corrected chi connectivity index (χ3v) is 5.26. The van der Waals surface area contributed by atoms with Crippen molar-refractivity contribution in [2.24, 2.45) is 5.73 Å². The number of thiocarbonyl (C=S) groups is 1. The molecule has 0 aliphatic carbocycles. The number of piperazine rings is 1. The number of thiazole rings is 1. The van der Waals surface area contributed by atoms with E-state index in [4.69, 9.17) is 18.0 Å². The number of aromatic nitrogens is 1. The summed E-state index contributed by atoms with van der Waals surface area (Å²) in [6.07, 6.45) is 1.86. The lowest BCUT2D eigenvalue weighted by molar-refractivity contribution is 0.652. The van der Waals surface area contributed by atoms with Gasteiger partial charge in [-0.3, -0.25) is 0 Å². The van der Waals surface area contributed by atoms with E-state index in [2.05, 4.69) is 42.8 Å². The average Bonchev–Trinajstić information content (AvgIpc) is 3.01. The third kappa shape index (κ3) is 3.20. The first-order valence-corrected chi connectivity index (χ1v) is 8.72. The zero-order chi connectivity index (χ0) is 14.8. The monoisotopic (exact) mass is 382 g/mol. The smallest absolute Gasteiger partial charge is 0.185 e. The van der Waals surface area contributed by atoms with Gasteiger partial charge in [0.15, 0.2) is 5.13 Å². The Hall–Kier alpha value is -1.18. The second-order valence-electron chi connectivity index (χ2n) is 4.82. The Morgan fingerprint density at radius 1 is 1.24 bits per heavy atom. The second-order valence-corrected chi connectivity index (χ2v) is 6.98. The standard InChI is InChI=1S/C14H15BrN4S2/c15-12-9-10(1-2-11(12)13(16)20)18-4-6-19(7-5-18)14-17-3-8-21-14/h1-3,8-9H,4-7H2,(H2,16,20). The SMILES string of the molecule is NC(=S)c1ccc(N2CCN(c3nccs3)CC2)cc1Br. The summed E-state index contributed by atoms with van der Waals surface area (Å²) in [5.74, 6) is 0. The predicted molar refractivity (Wildman–Crippen MR) is 96.6 cm³/mol. The van der Waals surface area contributed by atoms with Gasteiger partial charge in [0.2, 0.25) is 0 Å². The van der Waals surface area contributed by atoms with Gasteiger partial charge in [-0.05, 0) is 34.1 Å². The lowest BCUT2D eigenvalue weighted by Crippen LogP contribution is -2.46. The van der Waals surface area contributed by atoms with Crippen molar-refractivity contribution in [1.29, 1.82) is 0 Å². The van der Waals surface area contributed by atoms with E-state index in [-0.39, 0.29) is 0 Å². The Morgan fingerprint density at radius 3 is 2.52 bits per heavy atom. The molecule has 1 aliphatic rings. The van der Waals surface area contributed by atoms with E-state index in [1.807, 2.05) is 17.6 Å². The Morgan fingerprint density at radius 2 is 1.95 bits per heavy atom. The van der Waals surface area contributed by atoms with Gasteiger partial charge in [-0.1, -0.05) is 12.2 Å². The molecule has 110 valence electrons. The lowest BCUT2D eigenvalue weighted by Gasteiger charge is -2.36. The van der Waals surface area contributed by atoms with E-state index >= 15 is 0 Å². The summed E-state index contributed by atoms with van der Waals surface area (Å²) in [6.45, 7) is 3.95. The van der Waals surface area contributed by atoms with Crippen LogP contribution >= 0.6 is 39.5 Å². The van der Waals surface area contributed by atoms with Gasteiger partial charge < -0.3 is 15.5 Å². The zero-order valence-electron chi connectivity index (χ0n) is 11.3. The Balaban J connectivity index is 1.69. The molecule has 1 aromatic heterocycles. The fourth-order valence-corrected chi connectivity index (χ4v) is 4.01. The van der Waals surface area contributed by atoms with Crippen LogP contribution in [0.4, 0.5) is 10.8 Å². The highest BCUT2D eigenvalue weighted by Gasteiger charge is 2.19. The summed E-state index contributed by atoms with van der Waals surface area (Å²) in [7, 11) is 0. The minimum absolute atomic E-state index is 0.419. The maximum Gasteiger partial charge on any atom is 0.185 e. The molecule has 4 nitrogen and oxygen atoms in total. The number of anilines is 2. The van der Waals surface area contributed by atoms with E-state index in [1.165, 1.54) is 5.69 Å². The maximum absolute atomic E-state index is 5.69. The molecule has 2 aromatic rings. The van der Waals surface area contributed by atoms with Crippen LogP contribution in [0.3, 0.4) is 0 Å². The van der Waals surface area contributed by atoms with Crippen molar-refractivity contribution in [1.82, 2.24) is 4.98 Å². The minimum Gasteiger partial charge on any atom is -0.389 e. The largest absolute Gasteiger partial charge is 0.389 e. The predicted octanol–water partition coefficient (Wildman–Crippen LogP) is 2.87. The van der Waals surface area contributed by atoms with Gasteiger partial charge in [-0.25, -0.2) is 4.98 Å². The lowest BCUT2D eigenvalue weighted by atomic mass is 10.2. The molecule has 7 heteroatoms. The molecule has 0 spiro atoms. The fourth-order valence-electron chi connectivity index (χ4n) is 2.43. The van der Waals surface area contributed by atoms with Crippen molar-refractivity contribution in [2.75, 3.05) is 36.0 Å². The molecule has 0 bridgehead atoms. The first kappa shape index (κ1) is 14.7. The van der Waals surface area contributed by atoms with Crippen LogP contribution in [-0.2, 0) is 0 Å². The molecule has 1 aliphatic heterocycles. The minimum atomic E-state index is 0.419. The maximum atomic E-state index is 5.69. The topological polar surface area (TPSA) is 45.4 Å². The van der Waals surface area contributed by atoms with E-state index in [9.17, 15) is 0 Å². The molecule has 0 amide bonds. The number of nitrogens with two attached hydrogens (primary N) is 1. The van der Waals surface area contributed by atoms with Crippen molar-refractivity contribution in [3.63, 3.8) is 0 Å². The summed E-state index contributed by atoms with van der Waals surface area (Å²) in [5.41, 5.74) is 7.77. The van der Waals surface area contributed by atoms with Crippen molar-refractivity contribution in [3.05, 3.63) is 39.8 Å². The fraction of sp³-hybridized carbons (Fsp3) is 0.286. The number of halogens is 1. The van der Waals surface area contributed by atoms with Crippen LogP contribution in [-0.4, -0.2) is 36.2 Å². The number of hydrogen-bond donors (Lipinski definition) is 1. The first-order valence-electron chi connectivity index (χ1n) is 6.64. The second kappa shape index (κ2) is 6.29. The molecular weight excluding hydrogens is 368 g/mol. The zero-order valence-corrected chi connectivity index (χ0v) is 14.5. The Labute approximate surface area is 141 Å². The molecule has 21 heavy (non-hydrogen) atoms. The van der Waals surface area contributed by atoms with Crippen LogP contribution in [0.1, 0.15) is 5.56 Å². The van der Waals surface area contributed by atoms with Gasteiger partial charge in [-0.2, -0.15) is 0 Å². The quantitative estimate of drug-likeness (QED) is 0.826. The molecule has 0 atom stereocenters. The Kier molecular flexibility index (Phi) is 4.42. The highest BCUT2D eigenvalue weighted by molar-refractivity contribution is 9.10. The summed E-state index contributed by atoms with van der Waals surface area (Å²) < 4.78 is 0.954. The van der Waals surface area contributed by atoms with Crippen LogP contribution in [0, 0.1) is 0 Å². The number of rotatable bonds is 3. The third-order valence-electron chi connectivity index (χ3n) is 3.55. The summed E-state index contributed by atoms with van der Waals surface area (Å²) in [6, 6.07) is 6.15.